The van der Waals surface area contributed by atoms with Crippen LogP contribution in [-0.4, -0.2) is 6.71 Å². The van der Waals surface area contributed by atoms with Gasteiger partial charge in [0, 0.05) is 59.0 Å². The zero-order valence-electron chi connectivity index (χ0n) is 45.5. The maximum Gasteiger partial charge on any atom is 0.252 e. The SMILES string of the molecule is Clc1cc2c3c(c1)N(c1c(-c4cccc(-c5ccccc5)c4)cccc1-c1cccc(-c4ccccc4)c1)c1cc(Br)ccc1B3c1ccc(Br)cc1N2c1c(-c2cccc(-c3ccccc3)c2)cccc1-c1cccc(-c2ccccc2)c1. The third-order valence-electron chi connectivity index (χ3n) is 16.6. The summed E-state index contributed by atoms with van der Waals surface area (Å²) in [5.74, 6) is 0. The number of fused-ring (bicyclic) bond motifs is 4. The maximum atomic E-state index is 7.86. The van der Waals surface area contributed by atoms with Gasteiger partial charge < -0.3 is 9.80 Å². The molecule has 0 radical (unpaired) electrons. The van der Waals surface area contributed by atoms with Gasteiger partial charge >= 0.3 is 0 Å². The Bertz CT molecular complexity index is 4170. The molecule has 0 N–H and O–H groups in total. The zero-order chi connectivity index (χ0) is 56.3. The van der Waals surface area contributed by atoms with Crippen molar-refractivity contribution in [1.82, 2.24) is 0 Å². The van der Waals surface area contributed by atoms with Gasteiger partial charge in [0.05, 0.1) is 11.4 Å². The van der Waals surface area contributed by atoms with Gasteiger partial charge in [0.25, 0.3) is 6.71 Å². The second kappa shape index (κ2) is 21.8. The first-order valence-corrected chi connectivity index (χ1v) is 30.3. The van der Waals surface area contributed by atoms with Gasteiger partial charge in [-0.25, -0.2) is 0 Å². The molecule has 2 heterocycles. The number of halogens is 3. The van der Waals surface area contributed by atoms with E-state index in [1.165, 1.54) is 10.9 Å². The van der Waals surface area contributed by atoms with Crippen LogP contribution in [0.25, 0.3) is 89.0 Å². The molecule has 2 aliphatic rings. The molecule has 13 aromatic rings. The summed E-state index contributed by atoms with van der Waals surface area (Å²) in [6, 6.07) is 110. The summed E-state index contributed by atoms with van der Waals surface area (Å²) in [5.41, 5.74) is 27.8. The lowest BCUT2D eigenvalue weighted by molar-refractivity contribution is 1.25. The van der Waals surface area contributed by atoms with Crippen molar-refractivity contribution < 1.29 is 0 Å². The predicted octanol–water partition coefficient (Wildman–Crippen LogP) is 21.3. The van der Waals surface area contributed by atoms with E-state index in [0.717, 1.165) is 138 Å². The molecular formula is C78H50BBr2ClN2. The van der Waals surface area contributed by atoms with Crippen LogP contribution in [0.1, 0.15) is 0 Å². The average Bonchev–Trinajstić information content (AvgIpc) is 0.925. The average molecular weight is 1220 g/mol. The molecule has 6 heteroatoms. The van der Waals surface area contributed by atoms with E-state index in [0.29, 0.717) is 5.02 Å². The first-order chi connectivity index (χ1) is 41.4. The highest BCUT2D eigenvalue weighted by atomic mass is 79.9. The minimum atomic E-state index is -0.178. The molecule has 0 aromatic heterocycles. The van der Waals surface area contributed by atoms with Crippen LogP contribution < -0.4 is 26.2 Å². The fraction of sp³-hybridized carbons (Fsp3) is 0. The van der Waals surface area contributed by atoms with Crippen molar-refractivity contribution in [2.24, 2.45) is 0 Å². The summed E-state index contributed by atoms with van der Waals surface area (Å²) in [5, 5.41) is 0.627. The van der Waals surface area contributed by atoms with Crippen LogP contribution in [0.3, 0.4) is 0 Å². The first kappa shape index (κ1) is 51.6. The number of hydrogen-bond donors (Lipinski definition) is 0. The summed E-state index contributed by atoms with van der Waals surface area (Å²) in [6.07, 6.45) is 0. The van der Waals surface area contributed by atoms with E-state index in [-0.39, 0.29) is 6.71 Å². The molecule has 0 saturated heterocycles. The van der Waals surface area contributed by atoms with Crippen molar-refractivity contribution in [1.29, 1.82) is 0 Å². The molecule has 13 aromatic carbocycles. The Morgan fingerprint density at radius 1 is 0.250 bits per heavy atom. The van der Waals surface area contributed by atoms with E-state index in [4.69, 9.17) is 11.6 Å². The van der Waals surface area contributed by atoms with Gasteiger partial charge in [-0.3, -0.25) is 0 Å². The maximum absolute atomic E-state index is 7.86. The van der Waals surface area contributed by atoms with Crippen molar-refractivity contribution in [3.05, 3.63) is 317 Å². The molecule has 0 spiro atoms. The standard InChI is InChI=1S/C78H50BBr2ClN2/c80-63-39-41-70-72(47-63)83(77-66(59-31-13-27-55(43-59)51-19-5-1-6-20-51)35-17-36-67(77)60-32-14-28-56(44-60)52-21-7-2-8-22-52)74-49-65(82)50-75-76(74)79(70)71-42-40-64(81)48-73(71)84(75)78-68(61-33-15-29-57(45-61)53-23-9-3-10-24-53)37-18-38-69(78)62-34-16-30-58(46-62)54-25-11-4-12-26-54/h1-50H. The molecule has 0 fully saturated rings. The Balaban J connectivity index is 1.03. The van der Waals surface area contributed by atoms with Gasteiger partial charge in [0.15, 0.2) is 0 Å². The van der Waals surface area contributed by atoms with Crippen LogP contribution >= 0.6 is 43.5 Å². The smallest absolute Gasteiger partial charge is 0.252 e. The molecule has 0 aliphatic carbocycles. The largest absolute Gasteiger partial charge is 0.310 e. The lowest BCUT2D eigenvalue weighted by Crippen LogP contribution is -2.61. The Morgan fingerprint density at radius 2 is 0.524 bits per heavy atom. The van der Waals surface area contributed by atoms with Gasteiger partial charge in [0.1, 0.15) is 0 Å². The monoisotopic (exact) mass is 1220 g/mol. The topological polar surface area (TPSA) is 6.48 Å². The lowest BCUT2D eigenvalue weighted by Gasteiger charge is -2.45. The molecule has 15 rings (SSSR count). The molecule has 0 bridgehead atoms. The Hall–Kier alpha value is -9.23. The number of para-hydroxylation sites is 2. The van der Waals surface area contributed by atoms with Crippen molar-refractivity contribution in [3.8, 4) is 89.0 Å². The van der Waals surface area contributed by atoms with Crippen LogP contribution in [0.4, 0.5) is 34.1 Å². The van der Waals surface area contributed by atoms with E-state index in [1.54, 1.807) is 0 Å². The van der Waals surface area contributed by atoms with Crippen molar-refractivity contribution in [3.63, 3.8) is 0 Å². The molecule has 2 nitrogen and oxygen atoms in total. The van der Waals surface area contributed by atoms with Crippen LogP contribution in [0.15, 0.2) is 312 Å². The molecule has 0 amide bonds. The van der Waals surface area contributed by atoms with Crippen LogP contribution in [0.2, 0.25) is 5.02 Å². The molecule has 2 aliphatic heterocycles. The Labute approximate surface area is 512 Å². The molecule has 0 atom stereocenters. The number of nitrogens with zero attached hydrogens (tertiary/aromatic N) is 2. The summed E-state index contributed by atoms with van der Waals surface area (Å²) in [6.45, 7) is -0.178. The number of hydrogen-bond acceptors (Lipinski definition) is 2. The summed E-state index contributed by atoms with van der Waals surface area (Å²) in [7, 11) is 0. The van der Waals surface area contributed by atoms with Gasteiger partial charge in [-0.1, -0.05) is 286 Å². The van der Waals surface area contributed by atoms with Crippen molar-refractivity contribution >= 4 is 101 Å². The van der Waals surface area contributed by atoms with Gasteiger partial charge in [-0.15, -0.1) is 0 Å². The van der Waals surface area contributed by atoms with Crippen LogP contribution in [0.5, 0.6) is 0 Å². The predicted molar refractivity (Wildman–Crippen MR) is 364 cm³/mol. The second-order valence-corrected chi connectivity index (χ2v) is 23.8. The quantitative estimate of drug-likeness (QED) is 0.126. The van der Waals surface area contributed by atoms with Gasteiger partial charge in [-0.05, 0) is 144 Å². The van der Waals surface area contributed by atoms with Crippen LogP contribution in [-0.2, 0) is 0 Å². The fourth-order valence-corrected chi connectivity index (χ4v) is 13.8. The van der Waals surface area contributed by atoms with Crippen molar-refractivity contribution in [2.75, 3.05) is 9.80 Å². The normalized spacial score (nSPS) is 12.2. The number of benzene rings is 13. The summed E-state index contributed by atoms with van der Waals surface area (Å²) in [4.78, 5) is 5.05. The number of anilines is 6. The van der Waals surface area contributed by atoms with E-state index in [1.807, 2.05) is 0 Å². The van der Waals surface area contributed by atoms with E-state index < -0.39 is 0 Å². The van der Waals surface area contributed by atoms with Gasteiger partial charge in [0.2, 0.25) is 0 Å². The third-order valence-corrected chi connectivity index (χ3v) is 17.8. The molecule has 84 heavy (non-hydrogen) atoms. The minimum absolute atomic E-state index is 0.178. The highest BCUT2D eigenvalue weighted by Gasteiger charge is 2.45. The minimum Gasteiger partial charge on any atom is -0.310 e. The third kappa shape index (κ3) is 9.30. The zero-order valence-corrected chi connectivity index (χ0v) is 49.4. The summed E-state index contributed by atoms with van der Waals surface area (Å²) >= 11 is 15.9. The van der Waals surface area contributed by atoms with E-state index in [2.05, 4.69) is 345 Å². The highest BCUT2D eigenvalue weighted by molar-refractivity contribution is 9.10. The van der Waals surface area contributed by atoms with Crippen LogP contribution in [0, 0.1) is 0 Å². The fourth-order valence-electron chi connectivity index (χ4n) is 12.9. The lowest BCUT2D eigenvalue weighted by atomic mass is 9.33. The van der Waals surface area contributed by atoms with E-state index >= 15 is 0 Å². The van der Waals surface area contributed by atoms with E-state index in [9.17, 15) is 0 Å². The molecule has 396 valence electrons. The number of rotatable bonds is 10. The highest BCUT2D eigenvalue weighted by Crippen LogP contribution is 2.54. The molecule has 0 saturated carbocycles. The Morgan fingerprint density at radius 3 is 0.833 bits per heavy atom. The second-order valence-electron chi connectivity index (χ2n) is 21.6. The van der Waals surface area contributed by atoms with Crippen molar-refractivity contribution in [2.45, 2.75) is 0 Å². The molecular weight excluding hydrogens is 1170 g/mol. The first-order valence-electron chi connectivity index (χ1n) is 28.3. The Kier molecular flexibility index (Phi) is 13.4. The summed E-state index contributed by atoms with van der Waals surface area (Å²) < 4.78 is 1.96. The van der Waals surface area contributed by atoms with Gasteiger partial charge in [-0.2, -0.15) is 0 Å². The molecule has 0 unspecified atom stereocenters.